The molecule has 3 aromatic rings. The maximum atomic E-state index is 6.06. The highest BCUT2D eigenvalue weighted by molar-refractivity contribution is 6.02. The summed E-state index contributed by atoms with van der Waals surface area (Å²) in [6.07, 6.45) is 28.9. The Morgan fingerprint density at radius 2 is 1.62 bits per heavy atom. The molecule has 2 aliphatic rings. The number of aromatic nitrogens is 3. The van der Waals surface area contributed by atoms with Crippen LogP contribution in [0.4, 0.5) is 0 Å². The van der Waals surface area contributed by atoms with Crippen molar-refractivity contribution in [2.75, 3.05) is 7.11 Å². The number of H-pyrrole nitrogens is 3. The van der Waals surface area contributed by atoms with E-state index in [0.717, 1.165) is 52.6 Å². The number of rotatable bonds is 17. The summed E-state index contributed by atoms with van der Waals surface area (Å²) < 4.78 is 6.06. The Labute approximate surface area is 272 Å². The van der Waals surface area contributed by atoms with Gasteiger partial charge in [-0.2, -0.15) is 0 Å². The molecule has 0 aromatic carbocycles. The van der Waals surface area contributed by atoms with Crippen molar-refractivity contribution in [1.29, 1.82) is 0 Å². The zero-order valence-corrected chi connectivity index (χ0v) is 28.4. The molecule has 0 saturated carbocycles. The molecule has 0 radical (unpaired) electrons. The summed E-state index contributed by atoms with van der Waals surface area (Å²) in [4.78, 5) is 16.4. The third kappa shape index (κ3) is 8.95. The standard InChI is InChI=1S/C40H58N4O/c1-4-6-8-9-10-11-12-13-17-22-31-25-26-35(42-31)38(40-37(45-3)29-36(44-40)34-24-19-27-41-34)39-33-28-32(43-39)23-18-15-14-16-21-30(33)20-7-5-2/h19,24-30,41-42,44H,4-18,20-23H2,1-3H3. The van der Waals surface area contributed by atoms with Crippen molar-refractivity contribution >= 4 is 11.3 Å². The third-order valence-electron chi connectivity index (χ3n) is 9.87. The predicted molar refractivity (Wildman–Crippen MR) is 191 cm³/mol. The summed E-state index contributed by atoms with van der Waals surface area (Å²) in [5, 5.41) is 0. The lowest BCUT2D eigenvalue weighted by Gasteiger charge is -2.21. The largest absolute Gasteiger partial charge is 0.494 e. The molecule has 1 unspecified atom stereocenters. The van der Waals surface area contributed by atoms with E-state index >= 15 is 0 Å². The van der Waals surface area contributed by atoms with E-state index in [-0.39, 0.29) is 0 Å². The molecule has 3 N–H and O–H groups in total. The molecule has 5 nitrogen and oxygen atoms in total. The lowest BCUT2D eigenvalue weighted by atomic mass is 9.84. The van der Waals surface area contributed by atoms with Gasteiger partial charge < -0.3 is 19.7 Å². The number of methoxy groups -OCH3 is 1. The monoisotopic (exact) mass is 610 g/mol. The normalized spacial score (nSPS) is 18.2. The van der Waals surface area contributed by atoms with E-state index in [1.54, 1.807) is 7.11 Å². The van der Waals surface area contributed by atoms with Gasteiger partial charge in [0.1, 0.15) is 5.75 Å². The van der Waals surface area contributed by atoms with Gasteiger partial charge in [-0.25, -0.2) is 0 Å². The molecule has 1 atom stereocenters. The van der Waals surface area contributed by atoms with E-state index in [9.17, 15) is 0 Å². The van der Waals surface area contributed by atoms with Crippen molar-refractivity contribution in [3.63, 3.8) is 0 Å². The number of hydrogen-bond donors (Lipinski definition) is 3. The first-order valence-electron chi connectivity index (χ1n) is 18.3. The fourth-order valence-electron chi connectivity index (χ4n) is 7.25. The van der Waals surface area contributed by atoms with Crippen molar-refractivity contribution in [2.24, 2.45) is 10.9 Å². The molecule has 1 aliphatic carbocycles. The van der Waals surface area contributed by atoms with Crippen LogP contribution in [-0.4, -0.2) is 27.8 Å². The van der Waals surface area contributed by atoms with Gasteiger partial charge in [0.25, 0.3) is 0 Å². The molecule has 0 saturated heterocycles. The fourth-order valence-corrected chi connectivity index (χ4v) is 7.25. The first kappa shape index (κ1) is 33.2. The Morgan fingerprint density at radius 3 is 2.38 bits per heavy atom. The summed E-state index contributed by atoms with van der Waals surface area (Å²) in [5.41, 5.74) is 10.5. The van der Waals surface area contributed by atoms with E-state index in [4.69, 9.17) is 9.73 Å². The quantitative estimate of drug-likeness (QED) is 0.131. The highest BCUT2D eigenvalue weighted by Crippen LogP contribution is 2.43. The van der Waals surface area contributed by atoms with Gasteiger partial charge in [-0.1, -0.05) is 97.3 Å². The highest BCUT2D eigenvalue weighted by atomic mass is 16.5. The molecule has 0 spiro atoms. The summed E-state index contributed by atoms with van der Waals surface area (Å²) in [5.74, 6) is 1.39. The van der Waals surface area contributed by atoms with Gasteiger partial charge in [0.05, 0.1) is 41.2 Å². The molecule has 45 heavy (non-hydrogen) atoms. The Bertz CT molecular complexity index is 1400. The van der Waals surface area contributed by atoms with Crippen LogP contribution in [0, 0.1) is 5.92 Å². The maximum absolute atomic E-state index is 6.06. The first-order chi connectivity index (χ1) is 22.2. The Balaban J connectivity index is 1.46. The molecule has 2 bridgehead atoms. The van der Waals surface area contributed by atoms with Crippen molar-refractivity contribution < 1.29 is 4.74 Å². The molecule has 5 heteroatoms. The zero-order valence-electron chi connectivity index (χ0n) is 28.4. The molecule has 1 aliphatic heterocycles. The van der Waals surface area contributed by atoms with Crippen LogP contribution in [0.5, 0.6) is 5.75 Å². The number of unbranched alkanes of at least 4 members (excludes halogenated alkanes) is 9. The average Bonchev–Trinajstić information content (AvgIpc) is 3.88. The van der Waals surface area contributed by atoms with Gasteiger partial charge in [-0.3, -0.25) is 4.99 Å². The molecular weight excluding hydrogens is 552 g/mol. The average molecular weight is 611 g/mol. The minimum Gasteiger partial charge on any atom is -0.494 e. The number of aromatic amines is 3. The van der Waals surface area contributed by atoms with E-state index in [1.807, 2.05) is 12.3 Å². The lowest BCUT2D eigenvalue weighted by Crippen LogP contribution is -2.08. The Hall–Kier alpha value is -3.21. The number of fused-ring (bicyclic) bond motifs is 1. The molecule has 0 amide bonds. The van der Waals surface area contributed by atoms with Gasteiger partial charge in [-0.15, -0.1) is 0 Å². The SMILES string of the molecule is CCCCCCCCCCCc1ccc(C(=C2N=C3C=C2C(CCCC)CCCCCC3)c2[nH]c(-c3ccc[nH]3)cc2OC)[nH]1. The lowest BCUT2D eigenvalue weighted by molar-refractivity contribution is 0.414. The van der Waals surface area contributed by atoms with Gasteiger partial charge in [0, 0.05) is 23.7 Å². The van der Waals surface area contributed by atoms with Crippen LogP contribution in [0.25, 0.3) is 17.0 Å². The minimum atomic E-state index is 0.537. The number of nitrogens with one attached hydrogen (secondary N) is 3. The van der Waals surface area contributed by atoms with Crippen molar-refractivity contribution in [2.45, 2.75) is 136 Å². The second-order valence-electron chi connectivity index (χ2n) is 13.4. The zero-order chi connectivity index (χ0) is 31.3. The number of aliphatic imine (C=N–C) groups is 1. The number of allylic oxidation sites excluding steroid dienone is 2. The van der Waals surface area contributed by atoms with Gasteiger partial charge in [0.15, 0.2) is 0 Å². The highest BCUT2D eigenvalue weighted by Gasteiger charge is 2.30. The van der Waals surface area contributed by atoms with Crippen LogP contribution >= 0.6 is 0 Å². The smallest absolute Gasteiger partial charge is 0.145 e. The summed E-state index contributed by atoms with van der Waals surface area (Å²) in [6, 6.07) is 10.9. The van der Waals surface area contributed by atoms with E-state index in [1.165, 1.54) is 126 Å². The van der Waals surface area contributed by atoms with Crippen LogP contribution in [0.15, 0.2) is 58.9 Å². The van der Waals surface area contributed by atoms with Crippen LogP contribution in [0.3, 0.4) is 0 Å². The van der Waals surface area contributed by atoms with E-state index < -0.39 is 0 Å². The summed E-state index contributed by atoms with van der Waals surface area (Å²) >= 11 is 0. The van der Waals surface area contributed by atoms with Crippen LogP contribution in [0.1, 0.15) is 147 Å². The summed E-state index contributed by atoms with van der Waals surface area (Å²) in [7, 11) is 1.78. The van der Waals surface area contributed by atoms with E-state index in [0.29, 0.717) is 5.92 Å². The van der Waals surface area contributed by atoms with E-state index in [2.05, 4.69) is 59.1 Å². The van der Waals surface area contributed by atoms with Crippen molar-refractivity contribution in [3.05, 3.63) is 71.0 Å². The number of hydrogen-bond acceptors (Lipinski definition) is 2. The molecule has 3 aromatic heterocycles. The van der Waals surface area contributed by atoms with Gasteiger partial charge in [-0.05, 0) is 80.4 Å². The van der Waals surface area contributed by atoms with Crippen molar-refractivity contribution in [1.82, 2.24) is 15.0 Å². The molecule has 4 heterocycles. The molecular formula is C40H58N4O. The minimum absolute atomic E-state index is 0.537. The number of nitrogens with zero attached hydrogens (tertiary/aromatic N) is 1. The third-order valence-corrected chi connectivity index (χ3v) is 9.87. The maximum Gasteiger partial charge on any atom is 0.145 e. The first-order valence-corrected chi connectivity index (χ1v) is 18.3. The second kappa shape index (κ2) is 17.5. The molecule has 0 fully saturated rings. The Kier molecular flexibility index (Phi) is 12.9. The number of aryl methyl sites for hydroxylation is 1. The molecule has 5 rings (SSSR count). The van der Waals surface area contributed by atoms with Crippen molar-refractivity contribution in [3.8, 4) is 17.1 Å². The topological polar surface area (TPSA) is 69.0 Å². The van der Waals surface area contributed by atoms with Crippen LogP contribution in [-0.2, 0) is 6.42 Å². The van der Waals surface area contributed by atoms with Gasteiger partial charge >= 0.3 is 0 Å². The molecule has 244 valence electrons. The Morgan fingerprint density at radius 1 is 0.844 bits per heavy atom. The van der Waals surface area contributed by atoms with Crippen LogP contribution < -0.4 is 4.74 Å². The van der Waals surface area contributed by atoms with Gasteiger partial charge in [0.2, 0.25) is 0 Å². The van der Waals surface area contributed by atoms with Crippen LogP contribution in [0.2, 0.25) is 0 Å². The second-order valence-corrected chi connectivity index (χ2v) is 13.4. The summed E-state index contributed by atoms with van der Waals surface area (Å²) in [6.45, 7) is 4.60. The number of ether oxygens (including phenoxy) is 1. The predicted octanol–water partition coefficient (Wildman–Crippen LogP) is 11.7. The fraction of sp³-hybridized carbons (Fsp3) is 0.575.